The van der Waals surface area contributed by atoms with E-state index in [2.05, 4.69) is 24.7 Å². The molecule has 0 saturated carbocycles. The number of benzene rings is 2. The van der Waals surface area contributed by atoms with Gasteiger partial charge in [0.05, 0.1) is 40.0 Å². The van der Waals surface area contributed by atoms with Gasteiger partial charge >= 0.3 is 11.9 Å². The van der Waals surface area contributed by atoms with Crippen LogP contribution in [0, 0.1) is 13.8 Å². The number of rotatable bonds is 2. The molecule has 0 spiro atoms. The summed E-state index contributed by atoms with van der Waals surface area (Å²) in [6.07, 6.45) is 0. The lowest BCUT2D eigenvalue weighted by Crippen LogP contribution is -2.12. The Labute approximate surface area is 174 Å². The molecular formula is C21H18N4O6. The number of hydrogen-bond acceptors (Lipinski definition) is 7. The first-order chi connectivity index (χ1) is 14.7. The molecule has 0 aliphatic carbocycles. The zero-order valence-corrected chi connectivity index (χ0v) is 16.8. The number of aromatic nitrogens is 4. The van der Waals surface area contributed by atoms with Crippen LogP contribution in [-0.2, 0) is 4.74 Å². The van der Waals surface area contributed by atoms with Gasteiger partial charge in [-0.3, -0.25) is 9.59 Å². The van der Waals surface area contributed by atoms with Gasteiger partial charge in [-0.15, -0.1) is 0 Å². The Morgan fingerprint density at radius 2 is 1.29 bits per heavy atom. The maximum atomic E-state index is 11.6. The minimum Gasteiger partial charge on any atom is -0.478 e. The number of esters is 1. The van der Waals surface area contributed by atoms with E-state index in [9.17, 15) is 19.2 Å². The standard InChI is InChI=1S/C11H10N2O3.C10H8N2O3/c1-6-12-9-7(10(14)13-6)4-3-5-8(9)11(15)16-2;1-5-11-8-6(9(13)12-5)3-2-4-7(8)10(14)15/h3-5H,1-2H3,(H,12,13,14);2-4H,1H3,(H,14,15)(H,11,12,13). The van der Waals surface area contributed by atoms with Crippen molar-refractivity contribution in [2.45, 2.75) is 13.8 Å². The zero-order valence-electron chi connectivity index (χ0n) is 16.8. The van der Waals surface area contributed by atoms with Gasteiger partial charge in [-0.25, -0.2) is 19.6 Å². The van der Waals surface area contributed by atoms with Crippen molar-refractivity contribution in [3.05, 3.63) is 79.9 Å². The van der Waals surface area contributed by atoms with Crippen LogP contribution in [0.2, 0.25) is 0 Å². The summed E-state index contributed by atoms with van der Waals surface area (Å²) >= 11 is 0. The summed E-state index contributed by atoms with van der Waals surface area (Å²) in [6, 6.07) is 9.33. The van der Waals surface area contributed by atoms with Crippen molar-refractivity contribution < 1.29 is 19.4 Å². The Balaban J connectivity index is 0.000000176. The number of ether oxygens (including phenoxy) is 1. The highest BCUT2D eigenvalue weighted by Crippen LogP contribution is 2.14. The molecule has 0 unspecified atom stereocenters. The summed E-state index contributed by atoms with van der Waals surface area (Å²) < 4.78 is 4.63. The third-order valence-corrected chi connectivity index (χ3v) is 4.34. The van der Waals surface area contributed by atoms with Crippen molar-refractivity contribution in [3.8, 4) is 0 Å². The van der Waals surface area contributed by atoms with Crippen LogP contribution < -0.4 is 11.1 Å². The lowest BCUT2D eigenvalue weighted by Gasteiger charge is -2.03. The number of carboxylic acids is 1. The molecule has 10 heteroatoms. The quantitative estimate of drug-likeness (QED) is 0.414. The third-order valence-electron chi connectivity index (χ3n) is 4.34. The number of hydrogen-bond donors (Lipinski definition) is 3. The first-order valence-electron chi connectivity index (χ1n) is 9.03. The topological polar surface area (TPSA) is 155 Å². The number of carbonyl (C=O) groups excluding carboxylic acids is 1. The molecule has 10 nitrogen and oxygen atoms in total. The summed E-state index contributed by atoms with van der Waals surface area (Å²) in [5, 5.41) is 9.59. The normalized spacial score (nSPS) is 10.4. The number of methoxy groups -OCH3 is 1. The molecule has 2 aromatic carbocycles. The summed E-state index contributed by atoms with van der Waals surface area (Å²) in [5.74, 6) is -0.712. The van der Waals surface area contributed by atoms with Gasteiger partial charge in [0, 0.05) is 0 Å². The molecule has 3 N–H and O–H groups in total. The van der Waals surface area contributed by atoms with Crippen molar-refractivity contribution in [1.82, 2.24) is 19.9 Å². The van der Waals surface area contributed by atoms with Crippen molar-refractivity contribution in [1.29, 1.82) is 0 Å². The van der Waals surface area contributed by atoms with E-state index in [0.717, 1.165) is 0 Å². The Bertz CT molecular complexity index is 1440. The van der Waals surface area contributed by atoms with Crippen LogP contribution in [0.3, 0.4) is 0 Å². The van der Waals surface area contributed by atoms with Crippen molar-refractivity contribution in [2.75, 3.05) is 7.11 Å². The largest absolute Gasteiger partial charge is 0.478 e. The molecule has 0 fully saturated rings. The van der Waals surface area contributed by atoms with Crippen LogP contribution >= 0.6 is 0 Å². The first kappa shape index (κ1) is 21.4. The molecule has 4 rings (SSSR count). The second kappa shape index (κ2) is 8.57. The number of aromatic amines is 2. The molecular weight excluding hydrogens is 404 g/mol. The number of para-hydroxylation sites is 2. The van der Waals surface area contributed by atoms with E-state index in [1.54, 1.807) is 38.1 Å². The highest BCUT2D eigenvalue weighted by atomic mass is 16.5. The second-order valence-electron chi connectivity index (χ2n) is 6.50. The SMILES string of the molecule is COC(=O)c1cccc2c(=O)[nH]c(C)nc12.Cc1nc2c(C(=O)O)cccc2c(=O)[nH]1. The fraction of sp³-hybridized carbons (Fsp3) is 0.143. The van der Waals surface area contributed by atoms with E-state index in [1.165, 1.54) is 19.2 Å². The van der Waals surface area contributed by atoms with Gasteiger partial charge in [-0.1, -0.05) is 12.1 Å². The van der Waals surface area contributed by atoms with E-state index >= 15 is 0 Å². The predicted molar refractivity (Wildman–Crippen MR) is 113 cm³/mol. The molecule has 0 amide bonds. The maximum absolute atomic E-state index is 11.6. The monoisotopic (exact) mass is 422 g/mol. The molecule has 0 saturated heterocycles. The Hall–Kier alpha value is -4.34. The van der Waals surface area contributed by atoms with E-state index in [-0.39, 0.29) is 22.2 Å². The van der Waals surface area contributed by atoms with Gasteiger partial charge in [0.25, 0.3) is 11.1 Å². The van der Waals surface area contributed by atoms with Crippen LogP contribution in [0.4, 0.5) is 0 Å². The van der Waals surface area contributed by atoms with Crippen LogP contribution in [0.25, 0.3) is 21.8 Å². The number of nitrogens with zero attached hydrogens (tertiary/aromatic N) is 2. The van der Waals surface area contributed by atoms with E-state index < -0.39 is 11.9 Å². The van der Waals surface area contributed by atoms with Gasteiger partial charge < -0.3 is 19.8 Å². The number of carboxylic acid groups (broad SMARTS) is 1. The summed E-state index contributed by atoms with van der Waals surface area (Å²) in [7, 11) is 1.29. The highest BCUT2D eigenvalue weighted by Gasteiger charge is 2.13. The summed E-state index contributed by atoms with van der Waals surface area (Å²) in [4.78, 5) is 58.7. The van der Waals surface area contributed by atoms with E-state index in [1.807, 2.05) is 0 Å². The first-order valence-corrected chi connectivity index (χ1v) is 9.03. The van der Waals surface area contributed by atoms with Crippen LogP contribution in [0.15, 0.2) is 46.0 Å². The van der Waals surface area contributed by atoms with E-state index in [0.29, 0.717) is 33.5 Å². The summed E-state index contributed by atoms with van der Waals surface area (Å²) in [5.41, 5.74) is 0.367. The third kappa shape index (κ3) is 4.32. The molecule has 4 aromatic rings. The number of H-pyrrole nitrogens is 2. The molecule has 0 radical (unpaired) electrons. The van der Waals surface area contributed by atoms with Crippen molar-refractivity contribution in [2.24, 2.45) is 0 Å². The Morgan fingerprint density at radius 3 is 1.74 bits per heavy atom. The van der Waals surface area contributed by atoms with Crippen molar-refractivity contribution in [3.63, 3.8) is 0 Å². The fourth-order valence-electron chi connectivity index (χ4n) is 3.00. The lowest BCUT2D eigenvalue weighted by atomic mass is 10.1. The predicted octanol–water partition coefficient (Wildman–Crippen LogP) is 1.95. The van der Waals surface area contributed by atoms with Gasteiger partial charge in [0.15, 0.2) is 0 Å². The van der Waals surface area contributed by atoms with Crippen LogP contribution in [0.5, 0.6) is 0 Å². The molecule has 158 valence electrons. The number of nitrogens with one attached hydrogen (secondary N) is 2. The van der Waals surface area contributed by atoms with Gasteiger partial charge in [-0.2, -0.15) is 0 Å². The molecule has 0 aliphatic rings. The highest BCUT2D eigenvalue weighted by molar-refractivity contribution is 6.02. The molecule has 31 heavy (non-hydrogen) atoms. The van der Waals surface area contributed by atoms with E-state index in [4.69, 9.17) is 5.11 Å². The van der Waals surface area contributed by atoms with Gasteiger partial charge in [0.2, 0.25) is 0 Å². The maximum Gasteiger partial charge on any atom is 0.340 e. The average Bonchev–Trinajstić information content (AvgIpc) is 2.72. The number of aromatic carboxylic acids is 1. The van der Waals surface area contributed by atoms with Crippen LogP contribution in [-0.4, -0.2) is 44.1 Å². The Morgan fingerprint density at radius 1 is 0.839 bits per heavy atom. The number of carbonyl (C=O) groups is 2. The lowest BCUT2D eigenvalue weighted by molar-refractivity contribution is 0.0601. The zero-order chi connectivity index (χ0) is 22.7. The van der Waals surface area contributed by atoms with Gasteiger partial charge in [0.1, 0.15) is 11.6 Å². The molecule has 0 aliphatic heterocycles. The van der Waals surface area contributed by atoms with Gasteiger partial charge in [-0.05, 0) is 38.1 Å². The number of fused-ring (bicyclic) bond motifs is 2. The molecule has 0 atom stereocenters. The second-order valence-corrected chi connectivity index (χ2v) is 6.50. The minimum absolute atomic E-state index is 0.0432. The molecule has 0 bridgehead atoms. The summed E-state index contributed by atoms with van der Waals surface area (Å²) in [6.45, 7) is 3.27. The smallest absolute Gasteiger partial charge is 0.340 e. The fourth-order valence-corrected chi connectivity index (χ4v) is 3.00. The van der Waals surface area contributed by atoms with Crippen LogP contribution in [0.1, 0.15) is 32.4 Å². The molecule has 2 heterocycles. The van der Waals surface area contributed by atoms with Crippen molar-refractivity contribution >= 4 is 33.7 Å². The number of aryl methyl sites for hydroxylation is 2. The molecule has 2 aromatic heterocycles. The Kier molecular flexibility index (Phi) is 5.91. The average molecular weight is 422 g/mol. The minimum atomic E-state index is -1.09.